The number of carbonyl (C=O) groups is 2. The molecule has 2 unspecified atom stereocenters. The molecule has 0 aromatic heterocycles. The SMILES string of the molecule is CC(C)CCOC(C)C(=O)OC(C)C(=O)Nc1cccc(S(N)(=O)=O)c1. The average Bonchev–Trinajstić information content (AvgIpc) is 2.53. The van der Waals surface area contributed by atoms with Crippen LogP contribution in [-0.2, 0) is 29.1 Å². The van der Waals surface area contributed by atoms with Crippen molar-refractivity contribution < 1.29 is 27.5 Å². The fourth-order valence-electron chi connectivity index (χ4n) is 1.87. The molecule has 0 saturated carbocycles. The van der Waals surface area contributed by atoms with Crippen molar-refractivity contribution in [2.45, 2.75) is 51.2 Å². The highest BCUT2D eigenvalue weighted by Gasteiger charge is 2.23. The molecule has 0 aliphatic rings. The van der Waals surface area contributed by atoms with Gasteiger partial charge in [-0.1, -0.05) is 19.9 Å². The molecular formula is C17H26N2O6S. The molecule has 8 nitrogen and oxygen atoms in total. The maximum atomic E-state index is 12.1. The molecule has 0 spiro atoms. The minimum Gasteiger partial charge on any atom is -0.451 e. The van der Waals surface area contributed by atoms with Crippen molar-refractivity contribution in [3.63, 3.8) is 0 Å². The van der Waals surface area contributed by atoms with Gasteiger partial charge in [-0.25, -0.2) is 18.4 Å². The molecule has 0 radical (unpaired) electrons. The van der Waals surface area contributed by atoms with E-state index < -0.39 is 34.1 Å². The monoisotopic (exact) mass is 386 g/mol. The highest BCUT2D eigenvalue weighted by atomic mass is 32.2. The van der Waals surface area contributed by atoms with Crippen molar-refractivity contribution in [1.29, 1.82) is 0 Å². The molecule has 2 atom stereocenters. The van der Waals surface area contributed by atoms with Gasteiger partial charge in [-0.2, -0.15) is 0 Å². The summed E-state index contributed by atoms with van der Waals surface area (Å²) < 4.78 is 33.1. The maximum Gasteiger partial charge on any atom is 0.335 e. The molecule has 1 amide bonds. The Morgan fingerprint density at radius 2 is 1.81 bits per heavy atom. The van der Waals surface area contributed by atoms with Crippen LogP contribution in [0.5, 0.6) is 0 Å². The Kier molecular flexibility index (Phi) is 8.19. The second-order valence-electron chi connectivity index (χ2n) is 6.34. The number of amides is 1. The van der Waals surface area contributed by atoms with Gasteiger partial charge in [0.15, 0.2) is 12.2 Å². The second-order valence-corrected chi connectivity index (χ2v) is 7.90. The molecule has 146 valence electrons. The smallest absolute Gasteiger partial charge is 0.335 e. The van der Waals surface area contributed by atoms with E-state index in [-0.39, 0.29) is 10.6 Å². The molecule has 9 heteroatoms. The van der Waals surface area contributed by atoms with Crippen molar-refractivity contribution in [3.8, 4) is 0 Å². The van der Waals surface area contributed by atoms with Gasteiger partial charge in [-0.05, 0) is 44.4 Å². The van der Waals surface area contributed by atoms with E-state index in [0.717, 1.165) is 6.42 Å². The summed E-state index contributed by atoms with van der Waals surface area (Å²) in [5.41, 5.74) is 0.227. The lowest BCUT2D eigenvalue weighted by Crippen LogP contribution is -2.34. The van der Waals surface area contributed by atoms with Gasteiger partial charge in [0, 0.05) is 12.3 Å². The third kappa shape index (κ3) is 7.51. The Bertz CT molecular complexity index is 733. The van der Waals surface area contributed by atoms with Gasteiger partial charge in [-0.3, -0.25) is 4.79 Å². The molecule has 1 rings (SSSR count). The summed E-state index contributed by atoms with van der Waals surface area (Å²) in [6, 6.07) is 5.47. The number of sulfonamides is 1. The fourth-order valence-corrected chi connectivity index (χ4v) is 2.43. The Morgan fingerprint density at radius 3 is 2.38 bits per heavy atom. The highest BCUT2D eigenvalue weighted by molar-refractivity contribution is 7.89. The molecule has 0 saturated heterocycles. The molecule has 1 aromatic rings. The first kappa shape index (κ1) is 22.1. The van der Waals surface area contributed by atoms with Crippen LogP contribution in [-0.4, -0.2) is 39.1 Å². The van der Waals surface area contributed by atoms with E-state index in [4.69, 9.17) is 14.6 Å². The number of esters is 1. The van der Waals surface area contributed by atoms with Gasteiger partial charge < -0.3 is 14.8 Å². The third-order valence-corrected chi connectivity index (χ3v) is 4.40. The quantitative estimate of drug-likeness (QED) is 0.622. The predicted molar refractivity (Wildman–Crippen MR) is 96.9 cm³/mol. The van der Waals surface area contributed by atoms with Gasteiger partial charge in [0.2, 0.25) is 10.0 Å². The highest BCUT2D eigenvalue weighted by Crippen LogP contribution is 2.15. The van der Waals surface area contributed by atoms with E-state index in [1.165, 1.54) is 31.2 Å². The average molecular weight is 386 g/mol. The number of primary sulfonamides is 1. The van der Waals surface area contributed by atoms with Gasteiger partial charge in [0.25, 0.3) is 5.91 Å². The van der Waals surface area contributed by atoms with Crippen LogP contribution >= 0.6 is 0 Å². The van der Waals surface area contributed by atoms with Crippen LogP contribution in [0, 0.1) is 5.92 Å². The number of benzene rings is 1. The predicted octanol–water partition coefficient (Wildman–Crippen LogP) is 1.66. The fraction of sp³-hybridized carbons (Fsp3) is 0.529. The normalized spacial score (nSPS) is 13.9. The first-order chi connectivity index (χ1) is 12.0. The first-order valence-corrected chi connectivity index (χ1v) is 9.81. The Morgan fingerprint density at radius 1 is 1.15 bits per heavy atom. The number of carbonyl (C=O) groups excluding carboxylic acids is 2. The number of rotatable bonds is 9. The second kappa shape index (κ2) is 9.65. The van der Waals surface area contributed by atoms with Gasteiger partial charge in [-0.15, -0.1) is 0 Å². The molecule has 0 aliphatic heterocycles. The van der Waals surface area contributed by atoms with Gasteiger partial charge >= 0.3 is 5.97 Å². The van der Waals surface area contributed by atoms with Crippen LogP contribution in [0.2, 0.25) is 0 Å². The van der Waals surface area contributed by atoms with Gasteiger partial charge in [0.05, 0.1) is 4.90 Å². The minimum absolute atomic E-state index is 0.132. The summed E-state index contributed by atoms with van der Waals surface area (Å²) in [7, 11) is -3.88. The first-order valence-electron chi connectivity index (χ1n) is 8.26. The molecule has 0 bridgehead atoms. The number of hydrogen-bond acceptors (Lipinski definition) is 6. The van der Waals surface area contributed by atoms with E-state index in [9.17, 15) is 18.0 Å². The zero-order valence-corrected chi connectivity index (χ0v) is 16.2. The minimum atomic E-state index is -3.88. The zero-order chi connectivity index (χ0) is 19.9. The van der Waals surface area contributed by atoms with Crippen molar-refractivity contribution in [3.05, 3.63) is 24.3 Å². The lowest BCUT2D eigenvalue weighted by molar-refractivity contribution is -0.163. The molecule has 0 fully saturated rings. The molecule has 0 aliphatic carbocycles. The van der Waals surface area contributed by atoms with E-state index in [1.54, 1.807) is 6.92 Å². The number of nitrogens with two attached hydrogens (primary N) is 1. The third-order valence-electron chi connectivity index (χ3n) is 3.49. The summed E-state index contributed by atoms with van der Waals surface area (Å²) in [5.74, 6) is -0.787. The van der Waals surface area contributed by atoms with E-state index in [2.05, 4.69) is 5.32 Å². The van der Waals surface area contributed by atoms with Crippen LogP contribution in [0.3, 0.4) is 0 Å². The summed E-state index contributed by atoms with van der Waals surface area (Å²) >= 11 is 0. The summed E-state index contributed by atoms with van der Waals surface area (Å²) in [6.45, 7) is 7.49. The standard InChI is InChI=1S/C17H26N2O6S/c1-11(2)8-9-24-13(4)17(21)25-12(3)16(20)19-14-6-5-7-15(10-14)26(18,22)23/h5-7,10-13H,8-9H2,1-4H3,(H,19,20)(H2,18,22,23). The van der Waals surface area contributed by atoms with Gasteiger partial charge in [0.1, 0.15) is 0 Å². The Balaban J connectivity index is 2.58. The largest absolute Gasteiger partial charge is 0.451 e. The summed E-state index contributed by atoms with van der Waals surface area (Å²) in [4.78, 5) is 23.9. The van der Waals surface area contributed by atoms with Crippen molar-refractivity contribution >= 4 is 27.6 Å². The van der Waals surface area contributed by atoms with E-state index >= 15 is 0 Å². The molecule has 1 aromatic carbocycles. The molecule has 26 heavy (non-hydrogen) atoms. The Labute approximate surface area is 154 Å². The van der Waals surface area contributed by atoms with Crippen LogP contribution in [0.15, 0.2) is 29.2 Å². The number of anilines is 1. The number of hydrogen-bond donors (Lipinski definition) is 2. The van der Waals surface area contributed by atoms with Crippen molar-refractivity contribution in [1.82, 2.24) is 0 Å². The summed E-state index contributed by atoms with van der Waals surface area (Å²) in [6.07, 6.45) is -1.04. The van der Waals surface area contributed by atoms with Crippen molar-refractivity contribution in [2.75, 3.05) is 11.9 Å². The molecule has 3 N–H and O–H groups in total. The maximum absolute atomic E-state index is 12.1. The Hall–Kier alpha value is -1.97. The van der Waals surface area contributed by atoms with Crippen LogP contribution < -0.4 is 10.5 Å². The van der Waals surface area contributed by atoms with E-state index in [0.29, 0.717) is 12.5 Å². The zero-order valence-electron chi connectivity index (χ0n) is 15.4. The summed E-state index contributed by atoms with van der Waals surface area (Å²) in [5, 5.41) is 7.53. The van der Waals surface area contributed by atoms with Crippen LogP contribution in [0.4, 0.5) is 5.69 Å². The van der Waals surface area contributed by atoms with Crippen molar-refractivity contribution in [2.24, 2.45) is 11.1 Å². The number of ether oxygens (including phenoxy) is 2. The number of nitrogens with one attached hydrogen (secondary N) is 1. The van der Waals surface area contributed by atoms with Crippen LogP contribution in [0.25, 0.3) is 0 Å². The molecule has 0 heterocycles. The lowest BCUT2D eigenvalue weighted by Gasteiger charge is -2.17. The van der Waals surface area contributed by atoms with Crippen LogP contribution in [0.1, 0.15) is 34.1 Å². The topological polar surface area (TPSA) is 125 Å². The lowest BCUT2D eigenvalue weighted by atomic mass is 10.1. The van der Waals surface area contributed by atoms with E-state index in [1.807, 2.05) is 13.8 Å². The molecular weight excluding hydrogens is 360 g/mol.